The van der Waals surface area contributed by atoms with Crippen molar-refractivity contribution in [1.29, 1.82) is 0 Å². The molecule has 8 nitrogen and oxygen atoms in total. The summed E-state index contributed by atoms with van der Waals surface area (Å²) in [5.41, 5.74) is -0.188. The summed E-state index contributed by atoms with van der Waals surface area (Å²) in [6.45, 7) is 9.17. The number of aromatic nitrogens is 1. The molecule has 0 spiro atoms. The van der Waals surface area contributed by atoms with Crippen LogP contribution in [0.25, 0.3) is 10.9 Å². The topological polar surface area (TPSA) is 73.4 Å². The number of hydrogen-bond acceptors (Lipinski definition) is 6. The Labute approximate surface area is 262 Å². The molecule has 3 heterocycles. The van der Waals surface area contributed by atoms with E-state index in [1.54, 1.807) is 0 Å². The van der Waals surface area contributed by atoms with E-state index in [9.17, 15) is 31.1 Å². The molecule has 1 atom stereocenters. The monoisotopic (exact) mass is 653 g/mol. The fourth-order valence-electron chi connectivity index (χ4n) is 5.97. The lowest BCUT2D eigenvalue weighted by atomic mass is 9.98. The van der Waals surface area contributed by atoms with E-state index in [1.807, 2.05) is 38.2 Å². The molecule has 0 aliphatic carbocycles. The first kappa shape index (κ1) is 33.7. The van der Waals surface area contributed by atoms with Crippen molar-refractivity contribution in [3.05, 3.63) is 70.4 Å². The molecule has 1 N–H and O–H groups in total. The molecule has 14 heteroatoms. The fraction of sp³-hybridized carbons (Fsp3) is 0.500. The average molecular weight is 654 g/mol. The lowest BCUT2D eigenvalue weighted by molar-refractivity contribution is -0.143. The first-order valence-corrected chi connectivity index (χ1v) is 15.1. The number of oxime groups is 1. The van der Waals surface area contributed by atoms with Crippen molar-refractivity contribution >= 4 is 22.5 Å². The van der Waals surface area contributed by atoms with Crippen LogP contribution in [0.5, 0.6) is 0 Å². The van der Waals surface area contributed by atoms with Gasteiger partial charge in [0.1, 0.15) is 6.61 Å². The quantitative estimate of drug-likeness (QED) is 0.141. The molecular weight excluding hydrogens is 616 g/mol. The van der Waals surface area contributed by atoms with Gasteiger partial charge in [0.15, 0.2) is 0 Å². The molecule has 3 aromatic rings. The van der Waals surface area contributed by atoms with Crippen LogP contribution in [0.15, 0.2) is 47.8 Å². The number of amides is 1. The van der Waals surface area contributed by atoms with E-state index in [4.69, 9.17) is 9.57 Å². The van der Waals surface area contributed by atoms with Gasteiger partial charge in [-0.05, 0) is 56.2 Å². The predicted octanol–water partition coefficient (Wildman–Crippen LogP) is 5.61. The minimum absolute atomic E-state index is 0.0333. The smallest absolute Gasteiger partial charge is 0.394 e. The van der Waals surface area contributed by atoms with Gasteiger partial charge in [-0.1, -0.05) is 16.8 Å². The summed E-state index contributed by atoms with van der Waals surface area (Å²) in [6, 6.07) is 6.39. The summed E-state index contributed by atoms with van der Waals surface area (Å²) in [4.78, 5) is 28.2. The molecule has 1 amide bonds. The highest BCUT2D eigenvalue weighted by Crippen LogP contribution is 2.37. The molecule has 0 radical (unpaired) electrons. The molecule has 2 aliphatic heterocycles. The predicted molar refractivity (Wildman–Crippen MR) is 161 cm³/mol. The summed E-state index contributed by atoms with van der Waals surface area (Å²) in [6.07, 6.45) is -7.95. The van der Waals surface area contributed by atoms with Crippen LogP contribution < -0.4 is 0 Å². The van der Waals surface area contributed by atoms with Crippen LogP contribution in [0.3, 0.4) is 0 Å². The van der Waals surface area contributed by atoms with Crippen molar-refractivity contribution in [3.8, 4) is 0 Å². The Morgan fingerprint density at radius 3 is 2.35 bits per heavy atom. The lowest BCUT2D eigenvalue weighted by Gasteiger charge is -2.41. The number of nitrogens with zero attached hydrogens (tertiary/aromatic N) is 4. The number of aromatic amines is 1. The Kier molecular flexibility index (Phi) is 10.3. The van der Waals surface area contributed by atoms with Crippen molar-refractivity contribution in [1.82, 2.24) is 19.7 Å². The Balaban J connectivity index is 1.36. The molecule has 0 bridgehead atoms. The lowest BCUT2D eigenvalue weighted by Crippen LogP contribution is -2.56. The summed E-state index contributed by atoms with van der Waals surface area (Å²) in [5.74, 6) is -0.880. The number of hydrogen-bond donors (Lipinski definition) is 1. The van der Waals surface area contributed by atoms with Gasteiger partial charge in [0, 0.05) is 74.5 Å². The summed E-state index contributed by atoms with van der Waals surface area (Å²) < 4.78 is 86.9. The highest BCUT2D eigenvalue weighted by molar-refractivity contribution is 5.95. The Bertz CT molecular complexity index is 1510. The number of ether oxygens (including phenoxy) is 1. The third-order valence-electron chi connectivity index (χ3n) is 8.32. The second-order valence-electron chi connectivity index (χ2n) is 11.9. The third kappa shape index (κ3) is 8.39. The highest BCUT2D eigenvalue weighted by Gasteiger charge is 2.39. The SMILES string of the molecule is CC(CN1CCN(C(=O)c2cc(C(F)(F)F)cc(C(F)(F)F)c2)C(Cc2c[nH]c3ccc(C)cc23)C1)=NOCCN1CCOCC1. The van der Waals surface area contributed by atoms with Crippen LogP contribution in [-0.4, -0.2) is 103 Å². The van der Waals surface area contributed by atoms with Crippen LogP contribution in [0.1, 0.15) is 39.5 Å². The maximum atomic E-state index is 13.8. The van der Waals surface area contributed by atoms with Crippen molar-refractivity contribution < 1.29 is 40.7 Å². The van der Waals surface area contributed by atoms with Gasteiger partial charge in [0.05, 0.1) is 30.1 Å². The normalized spacial score (nSPS) is 19.2. The van der Waals surface area contributed by atoms with E-state index in [1.165, 1.54) is 4.90 Å². The maximum Gasteiger partial charge on any atom is 0.416 e. The first-order valence-electron chi connectivity index (χ1n) is 15.1. The molecule has 2 fully saturated rings. The van der Waals surface area contributed by atoms with Crippen LogP contribution in [-0.2, 0) is 28.3 Å². The Morgan fingerprint density at radius 2 is 1.67 bits per heavy atom. The molecule has 2 aliphatic rings. The molecule has 1 unspecified atom stereocenters. The number of halogens is 6. The van der Waals surface area contributed by atoms with Gasteiger partial charge in [-0.3, -0.25) is 14.6 Å². The minimum Gasteiger partial charge on any atom is -0.394 e. The molecule has 5 rings (SSSR count). The number of aryl methyl sites for hydroxylation is 1. The highest BCUT2D eigenvalue weighted by atomic mass is 19.4. The zero-order valence-corrected chi connectivity index (χ0v) is 25.7. The van der Waals surface area contributed by atoms with E-state index < -0.39 is 41.0 Å². The number of piperazine rings is 1. The standard InChI is InChI=1S/C32H37F6N5O3/c1-21-3-4-29-28(13-21)24(18-39-29)16-27-20-42(19-22(2)40-46-12-9-41-7-10-45-11-8-41)5-6-43(27)30(44)23-14-25(31(33,34)35)17-26(15-23)32(36,37)38/h3-4,13-15,17-18,27,39H,5-12,16,19-20H2,1-2H3. The second kappa shape index (κ2) is 14.0. The van der Waals surface area contributed by atoms with Crippen molar-refractivity contribution in [3.63, 3.8) is 0 Å². The van der Waals surface area contributed by atoms with Crippen molar-refractivity contribution in [2.24, 2.45) is 5.16 Å². The average Bonchev–Trinajstić information content (AvgIpc) is 3.40. The van der Waals surface area contributed by atoms with Crippen molar-refractivity contribution in [2.75, 3.05) is 65.6 Å². The number of carbonyl (C=O) groups is 1. The minimum atomic E-state index is -5.06. The third-order valence-corrected chi connectivity index (χ3v) is 8.32. The van der Waals surface area contributed by atoms with Gasteiger partial charge < -0.3 is 19.5 Å². The van der Waals surface area contributed by atoms with Gasteiger partial charge >= 0.3 is 12.4 Å². The fourth-order valence-corrected chi connectivity index (χ4v) is 5.97. The second-order valence-corrected chi connectivity index (χ2v) is 11.9. The van der Waals surface area contributed by atoms with Crippen LogP contribution in [0.2, 0.25) is 0 Å². The van der Waals surface area contributed by atoms with Crippen LogP contribution >= 0.6 is 0 Å². The molecule has 2 saturated heterocycles. The number of carbonyl (C=O) groups excluding carboxylic acids is 1. The molecule has 1 aromatic heterocycles. The number of morpholine rings is 1. The molecular formula is C32H37F6N5O3. The van der Waals surface area contributed by atoms with Gasteiger partial charge in [0.25, 0.3) is 5.91 Å². The van der Waals surface area contributed by atoms with E-state index >= 15 is 0 Å². The number of nitrogens with one attached hydrogen (secondary N) is 1. The number of benzene rings is 2. The van der Waals surface area contributed by atoms with Gasteiger partial charge in [0.2, 0.25) is 0 Å². The largest absolute Gasteiger partial charge is 0.416 e. The van der Waals surface area contributed by atoms with E-state index in [-0.39, 0.29) is 12.6 Å². The first-order chi connectivity index (χ1) is 21.8. The number of alkyl halides is 6. The number of H-pyrrole nitrogens is 1. The maximum absolute atomic E-state index is 13.8. The molecule has 0 saturated carbocycles. The van der Waals surface area contributed by atoms with Gasteiger partial charge in [-0.25, -0.2) is 0 Å². The van der Waals surface area contributed by atoms with Gasteiger partial charge in [-0.2, -0.15) is 26.3 Å². The Hall–Kier alpha value is -3.62. The summed E-state index contributed by atoms with van der Waals surface area (Å²) in [5, 5.41) is 5.18. The number of fused-ring (bicyclic) bond motifs is 1. The van der Waals surface area contributed by atoms with Crippen molar-refractivity contribution in [2.45, 2.75) is 38.7 Å². The summed E-state index contributed by atoms with van der Waals surface area (Å²) >= 11 is 0. The van der Waals surface area contributed by atoms with E-state index in [2.05, 4.69) is 19.9 Å². The van der Waals surface area contributed by atoms with Crippen LogP contribution in [0, 0.1) is 6.92 Å². The van der Waals surface area contributed by atoms with E-state index in [0.717, 1.165) is 41.7 Å². The van der Waals surface area contributed by atoms with Gasteiger partial charge in [-0.15, -0.1) is 0 Å². The molecule has 250 valence electrons. The molecule has 2 aromatic carbocycles. The van der Waals surface area contributed by atoms with E-state index in [0.29, 0.717) is 63.7 Å². The Morgan fingerprint density at radius 1 is 0.978 bits per heavy atom. The zero-order chi connectivity index (χ0) is 33.1. The zero-order valence-electron chi connectivity index (χ0n) is 25.7. The van der Waals surface area contributed by atoms with Crippen LogP contribution in [0.4, 0.5) is 26.3 Å². The summed E-state index contributed by atoms with van der Waals surface area (Å²) in [7, 11) is 0. The molecule has 46 heavy (non-hydrogen) atoms. The number of rotatable bonds is 9.